The normalized spacial score (nSPS) is 14.4. The van der Waals surface area contributed by atoms with Crippen LogP contribution in [0, 0.1) is 0 Å². The Kier molecular flexibility index (Phi) is 9.39. The summed E-state index contributed by atoms with van der Waals surface area (Å²) < 4.78 is 0. The summed E-state index contributed by atoms with van der Waals surface area (Å²) in [7, 11) is 0. The van der Waals surface area contributed by atoms with Crippen LogP contribution in [0.5, 0.6) is 0 Å². The molecule has 0 heterocycles. The molecular formula is C62H59N. The predicted molar refractivity (Wildman–Crippen MR) is 270 cm³/mol. The van der Waals surface area contributed by atoms with Crippen molar-refractivity contribution in [3.8, 4) is 55.6 Å². The first-order valence-corrected chi connectivity index (χ1v) is 22.8. The van der Waals surface area contributed by atoms with Crippen LogP contribution in [0.3, 0.4) is 0 Å². The summed E-state index contributed by atoms with van der Waals surface area (Å²) in [6.45, 7) is 23.5. The van der Waals surface area contributed by atoms with E-state index in [0.29, 0.717) is 0 Å². The van der Waals surface area contributed by atoms with Gasteiger partial charge in [-0.15, -0.1) is 0 Å². The van der Waals surface area contributed by atoms with Crippen LogP contribution >= 0.6 is 0 Å². The molecule has 2 aliphatic carbocycles. The first-order valence-electron chi connectivity index (χ1n) is 22.8. The minimum Gasteiger partial charge on any atom is -0.311 e. The molecule has 10 rings (SSSR count). The molecular weight excluding hydrogens is 759 g/mol. The average Bonchev–Trinajstić information content (AvgIpc) is 3.66. The van der Waals surface area contributed by atoms with Gasteiger partial charge in [0.25, 0.3) is 0 Å². The number of nitrogens with zero attached hydrogens (tertiary/aromatic N) is 1. The minimum atomic E-state index is -0.115. The zero-order valence-corrected chi connectivity index (χ0v) is 38.7. The van der Waals surface area contributed by atoms with Crippen molar-refractivity contribution in [1.82, 2.24) is 0 Å². The Morgan fingerprint density at radius 3 is 1.37 bits per heavy atom. The quantitative estimate of drug-likeness (QED) is 0.162. The van der Waals surface area contributed by atoms with Crippen molar-refractivity contribution in [2.45, 2.75) is 90.9 Å². The van der Waals surface area contributed by atoms with Crippen molar-refractivity contribution in [3.63, 3.8) is 0 Å². The van der Waals surface area contributed by atoms with E-state index >= 15 is 0 Å². The van der Waals surface area contributed by atoms with Crippen LogP contribution in [0.4, 0.5) is 17.1 Å². The van der Waals surface area contributed by atoms with Gasteiger partial charge in [0.05, 0.1) is 0 Å². The van der Waals surface area contributed by atoms with E-state index in [0.717, 1.165) is 17.1 Å². The highest BCUT2D eigenvalue weighted by molar-refractivity contribution is 5.95. The Bertz CT molecular complexity index is 3020. The van der Waals surface area contributed by atoms with Gasteiger partial charge in [0.2, 0.25) is 0 Å². The van der Waals surface area contributed by atoms with Crippen LogP contribution in [0.2, 0.25) is 0 Å². The van der Waals surface area contributed by atoms with Gasteiger partial charge in [-0.25, -0.2) is 0 Å². The number of rotatable bonds is 6. The van der Waals surface area contributed by atoms with Crippen LogP contribution in [0.25, 0.3) is 55.6 Å². The molecule has 312 valence electrons. The van der Waals surface area contributed by atoms with E-state index in [9.17, 15) is 0 Å². The van der Waals surface area contributed by atoms with Gasteiger partial charge < -0.3 is 4.90 Å². The molecule has 8 aromatic rings. The van der Waals surface area contributed by atoms with Crippen molar-refractivity contribution < 1.29 is 0 Å². The number of fused-ring (bicyclic) bond motifs is 6. The molecule has 1 nitrogen and oxygen atoms in total. The summed E-state index contributed by atoms with van der Waals surface area (Å²) >= 11 is 0. The first kappa shape index (κ1) is 40.6. The Morgan fingerprint density at radius 2 is 0.762 bits per heavy atom. The van der Waals surface area contributed by atoms with Crippen LogP contribution in [0.15, 0.2) is 176 Å². The Balaban J connectivity index is 1.08. The second-order valence-electron chi connectivity index (χ2n) is 21.1. The van der Waals surface area contributed by atoms with Crippen LogP contribution < -0.4 is 4.90 Å². The zero-order chi connectivity index (χ0) is 44.1. The van der Waals surface area contributed by atoms with Gasteiger partial charge >= 0.3 is 0 Å². The summed E-state index contributed by atoms with van der Waals surface area (Å²) in [6, 6.07) is 66.2. The Morgan fingerprint density at radius 1 is 0.317 bits per heavy atom. The van der Waals surface area contributed by atoms with Crippen LogP contribution in [-0.4, -0.2) is 0 Å². The zero-order valence-electron chi connectivity index (χ0n) is 38.7. The maximum absolute atomic E-state index is 2.50. The van der Waals surface area contributed by atoms with Gasteiger partial charge in [0.1, 0.15) is 0 Å². The highest BCUT2D eigenvalue weighted by Gasteiger charge is 2.40. The molecule has 0 fully saturated rings. The summed E-state index contributed by atoms with van der Waals surface area (Å²) in [6.07, 6.45) is 0. The molecule has 0 amide bonds. The smallest absolute Gasteiger partial charge is 0.0462 e. The molecule has 0 saturated heterocycles. The molecule has 0 unspecified atom stereocenters. The van der Waals surface area contributed by atoms with E-state index in [2.05, 4.69) is 250 Å². The van der Waals surface area contributed by atoms with E-state index in [1.54, 1.807) is 0 Å². The lowest BCUT2D eigenvalue weighted by Gasteiger charge is -2.28. The van der Waals surface area contributed by atoms with Crippen LogP contribution in [0.1, 0.15) is 103 Å². The third-order valence-electron chi connectivity index (χ3n) is 14.2. The molecule has 0 aromatic heterocycles. The Labute approximate surface area is 376 Å². The highest BCUT2D eigenvalue weighted by atomic mass is 15.1. The maximum Gasteiger partial charge on any atom is 0.0462 e. The van der Waals surface area contributed by atoms with E-state index < -0.39 is 0 Å². The standard InChI is InChI=1S/C62H59N/c1-59(2,3)44-29-36-51-55(38-44)62(9,10)56-39-45(60(4,5)6)37-52(58(51)56)43-27-34-48(35-28-43)63(46-30-23-41(24-31-46)40-17-12-11-13-18-40)47-32-25-42(26-33-47)49-20-16-22-54-57(49)50-19-14-15-21-53(50)61(54,7)8/h11-39H,1-10H3. The number of anilines is 3. The van der Waals surface area contributed by atoms with Crippen LogP contribution in [-0.2, 0) is 21.7 Å². The largest absolute Gasteiger partial charge is 0.311 e. The molecule has 0 N–H and O–H groups in total. The monoisotopic (exact) mass is 817 g/mol. The summed E-state index contributed by atoms with van der Waals surface area (Å²) in [5.41, 5.74) is 24.6. The van der Waals surface area contributed by atoms with Crippen molar-refractivity contribution in [1.29, 1.82) is 0 Å². The van der Waals surface area contributed by atoms with Gasteiger partial charge in [0.15, 0.2) is 0 Å². The third kappa shape index (κ3) is 6.76. The van der Waals surface area contributed by atoms with Gasteiger partial charge in [0, 0.05) is 27.9 Å². The van der Waals surface area contributed by atoms with Gasteiger partial charge in [-0.05, 0) is 142 Å². The number of hydrogen-bond donors (Lipinski definition) is 0. The molecule has 63 heavy (non-hydrogen) atoms. The minimum absolute atomic E-state index is 0.000558. The van der Waals surface area contributed by atoms with Crippen molar-refractivity contribution in [2.24, 2.45) is 0 Å². The van der Waals surface area contributed by atoms with E-state index in [1.165, 1.54) is 89.0 Å². The summed E-state index contributed by atoms with van der Waals surface area (Å²) in [4.78, 5) is 2.40. The van der Waals surface area contributed by atoms with Gasteiger partial charge in [-0.1, -0.05) is 203 Å². The third-order valence-corrected chi connectivity index (χ3v) is 14.2. The summed E-state index contributed by atoms with van der Waals surface area (Å²) in [5, 5.41) is 0. The molecule has 0 spiro atoms. The number of hydrogen-bond acceptors (Lipinski definition) is 1. The molecule has 0 saturated carbocycles. The first-order chi connectivity index (χ1) is 30.0. The highest BCUT2D eigenvalue weighted by Crippen LogP contribution is 2.55. The van der Waals surface area contributed by atoms with Gasteiger partial charge in [-0.3, -0.25) is 0 Å². The second-order valence-corrected chi connectivity index (χ2v) is 21.1. The molecule has 2 aliphatic rings. The second kappa shape index (κ2) is 14.6. The predicted octanol–water partition coefficient (Wildman–Crippen LogP) is 17.4. The average molecular weight is 818 g/mol. The lowest BCUT2D eigenvalue weighted by molar-refractivity contribution is 0.580. The van der Waals surface area contributed by atoms with Crippen molar-refractivity contribution in [2.75, 3.05) is 4.90 Å². The van der Waals surface area contributed by atoms with E-state index in [-0.39, 0.29) is 21.7 Å². The Hall–Kier alpha value is -6.44. The topological polar surface area (TPSA) is 3.24 Å². The number of benzene rings is 8. The van der Waals surface area contributed by atoms with Crippen molar-refractivity contribution in [3.05, 3.63) is 209 Å². The molecule has 0 aliphatic heterocycles. The van der Waals surface area contributed by atoms with E-state index in [1.807, 2.05) is 0 Å². The van der Waals surface area contributed by atoms with Gasteiger partial charge in [-0.2, -0.15) is 0 Å². The van der Waals surface area contributed by atoms with E-state index in [4.69, 9.17) is 0 Å². The fraction of sp³-hybridized carbons (Fsp3) is 0.226. The lowest BCUT2D eigenvalue weighted by Crippen LogP contribution is -2.19. The molecule has 0 atom stereocenters. The lowest BCUT2D eigenvalue weighted by atomic mass is 9.76. The maximum atomic E-state index is 2.50. The summed E-state index contributed by atoms with van der Waals surface area (Å²) in [5.74, 6) is 0. The molecule has 8 aromatic carbocycles. The fourth-order valence-electron chi connectivity index (χ4n) is 10.4. The SMILES string of the molecule is CC(C)(C)c1ccc2c(c1)C(C)(C)c1cc(C(C)(C)C)cc(-c3ccc(N(c4ccc(-c5ccccc5)cc4)c4ccc(-c5cccc6c5-c5ccccc5C6(C)C)cc4)cc3)c1-2. The molecule has 1 heteroatoms. The molecule has 0 bridgehead atoms. The fourth-order valence-corrected chi connectivity index (χ4v) is 10.4. The molecule has 0 radical (unpaired) electrons. The van der Waals surface area contributed by atoms with Crippen molar-refractivity contribution >= 4 is 17.1 Å².